The molecule has 0 saturated heterocycles. The zero-order chi connectivity index (χ0) is 20.0. The topological polar surface area (TPSA) is 111 Å². The number of hydrogen-bond acceptors (Lipinski definition) is 6. The first-order chi connectivity index (χ1) is 12.8. The van der Waals surface area contributed by atoms with Gasteiger partial charge in [-0.1, -0.05) is 0 Å². The molecule has 0 aromatic heterocycles. The standard InChI is InChI=1S/C18H19N3O5S/c1-11(27-15-7-4-13(5-8-15)19-12(2)22)18(23)20-16-10-14(21(24)25)6-9-17(16)26-3/h4-11H,1-3H3,(H,19,22)(H,20,23). The Morgan fingerprint density at radius 2 is 1.81 bits per heavy atom. The van der Waals surface area contributed by atoms with E-state index in [1.807, 2.05) is 0 Å². The van der Waals surface area contributed by atoms with Gasteiger partial charge in [-0.25, -0.2) is 0 Å². The lowest BCUT2D eigenvalue weighted by Crippen LogP contribution is -2.22. The Bertz CT molecular complexity index is 855. The molecule has 0 aliphatic rings. The van der Waals surface area contributed by atoms with Crippen molar-refractivity contribution in [1.82, 2.24) is 0 Å². The summed E-state index contributed by atoms with van der Waals surface area (Å²) in [6, 6.07) is 11.1. The molecule has 2 amide bonds. The predicted octanol–water partition coefficient (Wildman–Crippen LogP) is 3.68. The minimum Gasteiger partial charge on any atom is -0.495 e. The second-order valence-electron chi connectivity index (χ2n) is 5.60. The average Bonchev–Trinajstić information content (AvgIpc) is 2.62. The lowest BCUT2D eigenvalue weighted by atomic mass is 10.2. The second-order valence-corrected chi connectivity index (χ2v) is 7.01. The van der Waals surface area contributed by atoms with Crippen molar-refractivity contribution in [1.29, 1.82) is 0 Å². The van der Waals surface area contributed by atoms with Crippen molar-refractivity contribution in [3.05, 3.63) is 52.6 Å². The molecule has 2 rings (SSSR count). The molecule has 0 radical (unpaired) electrons. The van der Waals surface area contributed by atoms with E-state index in [1.165, 1.54) is 44.0 Å². The second kappa shape index (κ2) is 9.04. The number of nitro groups is 1. The molecule has 9 heteroatoms. The molecule has 0 spiro atoms. The molecule has 142 valence electrons. The number of thioether (sulfide) groups is 1. The highest BCUT2D eigenvalue weighted by Crippen LogP contribution is 2.31. The molecule has 0 heterocycles. The highest BCUT2D eigenvalue weighted by atomic mass is 32.2. The van der Waals surface area contributed by atoms with E-state index in [2.05, 4.69) is 10.6 Å². The van der Waals surface area contributed by atoms with Crippen LogP contribution in [0.15, 0.2) is 47.4 Å². The number of benzene rings is 2. The molecular weight excluding hydrogens is 370 g/mol. The van der Waals surface area contributed by atoms with Gasteiger partial charge in [0.2, 0.25) is 11.8 Å². The quantitative estimate of drug-likeness (QED) is 0.425. The third-order valence-electron chi connectivity index (χ3n) is 3.51. The van der Waals surface area contributed by atoms with E-state index < -0.39 is 10.2 Å². The minimum atomic E-state index is -0.538. The van der Waals surface area contributed by atoms with E-state index in [0.29, 0.717) is 11.4 Å². The number of non-ortho nitro benzene ring substituents is 1. The van der Waals surface area contributed by atoms with Gasteiger partial charge in [0.05, 0.1) is 23.0 Å². The number of anilines is 2. The predicted molar refractivity (Wildman–Crippen MR) is 104 cm³/mol. The van der Waals surface area contributed by atoms with Gasteiger partial charge in [0.25, 0.3) is 5.69 Å². The van der Waals surface area contributed by atoms with Gasteiger partial charge in [-0.05, 0) is 37.3 Å². The molecular formula is C18H19N3O5S. The highest BCUT2D eigenvalue weighted by molar-refractivity contribution is 8.00. The number of hydrogen-bond donors (Lipinski definition) is 2. The van der Waals surface area contributed by atoms with Gasteiger partial charge in [0, 0.05) is 29.6 Å². The Kier molecular flexibility index (Phi) is 6.78. The minimum absolute atomic E-state index is 0.139. The van der Waals surface area contributed by atoms with Crippen LogP contribution in [-0.4, -0.2) is 29.1 Å². The Hall–Kier alpha value is -3.07. The molecule has 0 saturated carbocycles. The summed E-state index contributed by atoms with van der Waals surface area (Å²) in [5.41, 5.74) is 0.774. The van der Waals surface area contributed by atoms with Crippen LogP contribution in [0.1, 0.15) is 13.8 Å². The van der Waals surface area contributed by atoms with Crippen molar-refractivity contribution >= 4 is 40.6 Å². The van der Waals surface area contributed by atoms with Crippen molar-refractivity contribution in [2.24, 2.45) is 0 Å². The van der Waals surface area contributed by atoms with E-state index in [-0.39, 0.29) is 23.2 Å². The molecule has 1 atom stereocenters. The molecule has 2 aromatic rings. The van der Waals surface area contributed by atoms with E-state index in [0.717, 1.165) is 4.90 Å². The Morgan fingerprint density at radius 3 is 2.37 bits per heavy atom. The summed E-state index contributed by atoms with van der Waals surface area (Å²) in [4.78, 5) is 34.7. The van der Waals surface area contributed by atoms with E-state index in [1.54, 1.807) is 31.2 Å². The molecule has 2 N–H and O–H groups in total. The maximum Gasteiger partial charge on any atom is 0.271 e. The normalized spacial score (nSPS) is 11.4. The molecule has 8 nitrogen and oxygen atoms in total. The van der Waals surface area contributed by atoms with Crippen molar-refractivity contribution in [2.45, 2.75) is 24.0 Å². The third kappa shape index (κ3) is 5.71. The highest BCUT2D eigenvalue weighted by Gasteiger charge is 2.18. The molecule has 2 aromatic carbocycles. The number of rotatable bonds is 7. The number of ether oxygens (including phenoxy) is 1. The summed E-state index contributed by atoms with van der Waals surface area (Å²) in [5.74, 6) is -0.135. The molecule has 0 aliphatic carbocycles. The summed E-state index contributed by atoms with van der Waals surface area (Å²) >= 11 is 1.32. The van der Waals surface area contributed by atoms with Crippen molar-refractivity contribution < 1.29 is 19.2 Å². The van der Waals surface area contributed by atoms with Gasteiger partial charge in [0.15, 0.2) is 0 Å². The van der Waals surface area contributed by atoms with Crippen LogP contribution in [0.2, 0.25) is 0 Å². The zero-order valence-electron chi connectivity index (χ0n) is 15.0. The maximum atomic E-state index is 12.5. The van der Waals surface area contributed by atoms with Gasteiger partial charge in [-0.3, -0.25) is 19.7 Å². The Morgan fingerprint density at radius 1 is 1.15 bits per heavy atom. The number of nitrogens with one attached hydrogen (secondary N) is 2. The van der Waals surface area contributed by atoms with Gasteiger partial charge in [-0.2, -0.15) is 0 Å². The largest absolute Gasteiger partial charge is 0.495 e. The van der Waals surface area contributed by atoms with Gasteiger partial charge < -0.3 is 15.4 Å². The van der Waals surface area contributed by atoms with Crippen LogP contribution < -0.4 is 15.4 Å². The molecule has 0 aliphatic heterocycles. The summed E-state index contributed by atoms with van der Waals surface area (Å²) in [7, 11) is 1.42. The molecule has 0 fully saturated rings. The number of carbonyl (C=O) groups excluding carboxylic acids is 2. The van der Waals surface area contributed by atoms with Crippen LogP contribution in [0.3, 0.4) is 0 Å². The fourth-order valence-corrected chi connectivity index (χ4v) is 3.09. The average molecular weight is 389 g/mol. The summed E-state index contributed by atoms with van der Waals surface area (Å²) < 4.78 is 5.15. The number of carbonyl (C=O) groups is 2. The summed E-state index contributed by atoms with van der Waals surface area (Å²) in [6.45, 7) is 3.16. The smallest absolute Gasteiger partial charge is 0.271 e. The lowest BCUT2D eigenvalue weighted by molar-refractivity contribution is -0.384. The maximum absolute atomic E-state index is 12.5. The SMILES string of the molecule is COc1ccc([N+](=O)[O-])cc1NC(=O)C(C)Sc1ccc(NC(C)=O)cc1. The van der Waals surface area contributed by atoms with E-state index >= 15 is 0 Å². The molecule has 1 unspecified atom stereocenters. The van der Waals surface area contributed by atoms with E-state index in [4.69, 9.17) is 4.74 Å². The van der Waals surface area contributed by atoms with Crippen LogP contribution >= 0.6 is 11.8 Å². The molecule has 27 heavy (non-hydrogen) atoms. The summed E-state index contributed by atoms with van der Waals surface area (Å²) in [5, 5.41) is 15.8. The lowest BCUT2D eigenvalue weighted by Gasteiger charge is -2.14. The van der Waals surface area contributed by atoms with Gasteiger partial charge in [-0.15, -0.1) is 11.8 Å². The van der Waals surface area contributed by atoms with E-state index in [9.17, 15) is 19.7 Å². The third-order valence-corrected chi connectivity index (χ3v) is 4.62. The van der Waals surface area contributed by atoms with Crippen LogP contribution in [-0.2, 0) is 9.59 Å². The first-order valence-electron chi connectivity index (χ1n) is 7.97. The number of nitro benzene ring substituents is 1. The summed E-state index contributed by atoms with van der Waals surface area (Å²) in [6.07, 6.45) is 0. The van der Waals surface area contributed by atoms with Crippen LogP contribution in [0.5, 0.6) is 5.75 Å². The monoisotopic (exact) mass is 389 g/mol. The van der Waals surface area contributed by atoms with Crippen LogP contribution in [0.25, 0.3) is 0 Å². The fourth-order valence-electron chi connectivity index (χ4n) is 2.22. The van der Waals surface area contributed by atoms with Gasteiger partial charge in [0.1, 0.15) is 5.75 Å². The van der Waals surface area contributed by atoms with Crippen molar-refractivity contribution in [2.75, 3.05) is 17.7 Å². The first-order valence-corrected chi connectivity index (χ1v) is 8.85. The Balaban J connectivity index is 2.06. The number of methoxy groups -OCH3 is 1. The Labute approximate surface area is 160 Å². The van der Waals surface area contributed by atoms with Crippen molar-refractivity contribution in [3.8, 4) is 5.75 Å². The van der Waals surface area contributed by atoms with Crippen molar-refractivity contribution in [3.63, 3.8) is 0 Å². The van der Waals surface area contributed by atoms with Gasteiger partial charge >= 0.3 is 0 Å². The molecule has 0 bridgehead atoms. The zero-order valence-corrected chi connectivity index (χ0v) is 15.8. The first kappa shape index (κ1) is 20.2. The van der Waals surface area contributed by atoms with Crippen LogP contribution in [0.4, 0.5) is 17.1 Å². The van der Waals surface area contributed by atoms with Crippen LogP contribution in [0, 0.1) is 10.1 Å². The number of nitrogens with zero attached hydrogens (tertiary/aromatic N) is 1. The fraction of sp³-hybridized carbons (Fsp3) is 0.222. The number of amides is 2.